The molecule has 1 aromatic heterocycles. The molecule has 0 atom stereocenters. The molecule has 6 nitrogen and oxygen atoms in total. The van der Waals surface area contributed by atoms with Gasteiger partial charge in [0.1, 0.15) is 0 Å². The summed E-state index contributed by atoms with van der Waals surface area (Å²) in [6.07, 6.45) is 0.387. The van der Waals surface area contributed by atoms with E-state index in [-0.39, 0.29) is 9.88 Å². The molecule has 0 aliphatic carbocycles. The highest BCUT2D eigenvalue weighted by Gasteiger charge is 2.16. The van der Waals surface area contributed by atoms with Crippen molar-refractivity contribution in [3.05, 3.63) is 50.3 Å². The first-order valence-electron chi connectivity index (χ1n) is 6.36. The van der Waals surface area contributed by atoms with Crippen molar-refractivity contribution in [2.24, 2.45) is 0 Å². The predicted molar refractivity (Wildman–Crippen MR) is 91.3 cm³/mol. The van der Waals surface area contributed by atoms with Crippen LogP contribution in [0.25, 0.3) is 0 Å². The zero-order chi connectivity index (χ0) is 16.8. The number of nitro groups is 1. The number of amides is 1. The molecule has 0 fully saturated rings. The van der Waals surface area contributed by atoms with E-state index >= 15 is 0 Å². The molecule has 1 aromatic carbocycles. The molecule has 0 unspecified atom stereocenters. The minimum atomic E-state index is -0.538. The van der Waals surface area contributed by atoms with Gasteiger partial charge in [-0.25, -0.2) is 0 Å². The number of anilines is 1. The second-order valence-corrected chi connectivity index (χ2v) is 6.88. The lowest BCUT2D eigenvalue weighted by molar-refractivity contribution is -0.380. The minimum Gasteiger partial charge on any atom is -0.320 e. The van der Waals surface area contributed by atoms with Gasteiger partial charge in [0, 0.05) is 28.2 Å². The molecule has 0 radical (unpaired) electrons. The number of thioether (sulfide) groups is 1. The third-order valence-electron chi connectivity index (χ3n) is 2.66. The van der Waals surface area contributed by atoms with Gasteiger partial charge in [0.15, 0.2) is 0 Å². The lowest BCUT2D eigenvalue weighted by Crippen LogP contribution is -2.10. The SMILES string of the molecule is N#CCCSc1ccc(Cl)cc1NC(=O)c1ccc([N+](=O)[O-])s1. The van der Waals surface area contributed by atoms with Gasteiger partial charge >= 0.3 is 5.00 Å². The molecule has 0 aliphatic rings. The van der Waals surface area contributed by atoms with E-state index < -0.39 is 10.8 Å². The van der Waals surface area contributed by atoms with E-state index in [0.29, 0.717) is 22.9 Å². The van der Waals surface area contributed by atoms with Crippen LogP contribution in [0.3, 0.4) is 0 Å². The van der Waals surface area contributed by atoms with Crippen LogP contribution in [0.5, 0.6) is 0 Å². The van der Waals surface area contributed by atoms with Gasteiger partial charge in [-0.3, -0.25) is 14.9 Å². The first-order valence-corrected chi connectivity index (χ1v) is 8.54. The number of carbonyl (C=O) groups is 1. The number of halogens is 1. The van der Waals surface area contributed by atoms with E-state index in [1.54, 1.807) is 18.2 Å². The standard InChI is InChI=1S/C14H10ClN3O3S2/c15-9-2-3-11(22-7-1-6-16)10(8-9)17-14(19)12-4-5-13(23-12)18(20)21/h2-5,8H,1,7H2,(H,17,19). The van der Waals surface area contributed by atoms with Crippen LogP contribution in [0.1, 0.15) is 16.1 Å². The molecule has 118 valence electrons. The Kier molecular flexibility index (Phi) is 5.98. The van der Waals surface area contributed by atoms with Crippen molar-refractivity contribution in [1.82, 2.24) is 0 Å². The molecule has 23 heavy (non-hydrogen) atoms. The van der Waals surface area contributed by atoms with Crippen molar-refractivity contribution in [3.63, 3.8) is 0 Å². The highest BCUT2D eigenvalue weighted by atomic mass is 35.5. The van der Waals surface area contributed by atoms with E-state index in [2.05, 4.69) is 11.4 Å². The largest absolute Gasteiger partial charge is 0.324 e. The average molecular weight is 368 g/mol. The van der Waals surface area contributed by atoms with Gasteiger partial charge in [-0.15, -0.1) is 11.8 Å². The lowest BCUT2D eigenvalue weighted by Gasteiger charge is -2.10. The first kappa shape index (κ1) is 17.3. The van der Waals surface area contributed by atoms with Crippen LogP contribution in [0.4, 0.5) is 10.7 Å². The number of nitriles is 1. The Balaban J connectivity index is 2.17. The van der Waals surface area contributed by atoms with Crippen LogP contribution in [-0.2, 0) is 0 Å². The number of nitrogens with one attached hydrogen (secondary N) is 1. The van der Waals surface area contributed by atoms with Gasteiger partial charge in [0.25, 0.3) is 5.91 Å². The van der Waals surface area contributed by atoms with Crippen molar-refractivity contribution in [2.45, 2.75) is 11.3 Å². The Labute approximate surface area is 145 Å². The summed E-state index contributed by atoms with van der Waals surface area (Å²) in [7, 11) is 0. The zero-order valence-electron chi connectivity index (χ0n) is 11.6. The average Bonchev–Trinajstić information content (AvgIpc) is 3.00. The van der Waals surface area contributed by atoms with E-state index in [4.69, 9.17) is 16.9 Å². The molecule has 1 heterocycles. The topological polar surface area (TPSA) is 96.0 Å². The Bertz CT molecular complexity index is 786. The van der Waals surface area contributed by atoms with Crippen LogP contribution < -0.4 is 5.32 Å². The lowest BCUT2D eigenvalue weighted by atomic mass is 10.3. The molecule has 1 N–H and O–H groups in total. The van der Waals surface area contributed by atoms with Gasteiger partial charge in [-0.05, 0) is 24.3 Å². The minimum absolute atomic E-state index is 0.0927. The maximum Gasteiger partial charge on any atom is 0.324 e. The van der Waals surface area contributed by atoms with Crippen molar-refractivity contribution in [1.29, 1.82) is 5.26 Å². The summed E-state index contributed by atoms with van der Waals surface area (Å²) < 4.78 is 0. The Morgan fingerprint density at radius 3 is 2.87 bits per heavy atom. The second-order valence-electron chi connectivity index (χ2n) is 4.25. The highest BCUT2D eigenvalue weighted by molar-refractivity contribution is 7.99. The molecular weight excluding hydrogens is 358 g/mol. The number of hydrogen-bond donors (Lipinski definition) is 1. The third kappa shape index (κ3) is 4.69. The molecule has 2 rings (SSSR count). The Morgan fingerprint density at radius 2 is 2.22 bits per heavy atom. The summed E-state index contributed by atoms with van der Waals surface area (Å²) in [4.78, 5) is 23.4. The number of carbonyl (C=O) groups excluding carboxylic acids is 1. The van der Waals surface area contributed by atoms with Gasteiger partial charge in [-0.2, -0.15) is 5.26 Å². The molecule has 2 aromatic rings. The summed E-state index contributed by atoms with van der Waals surface area (Å²) in [5.41, 5.74) is 0.515. The van der Waals surface area contributed by atoms with Crippen molar-refractivity contribution < 1.29 is 9.72 Å². The number of thiophene rings is 1. The third-order valence-corrected chi connectivity index (χ3v) is 5.00. The predicted octanol–water partition coefficient (Wildman–Crippen LogP) is 4.57. The van der Waals surface area contributed by atoms with E-state index in [1.807, 2.05) is 0 Å². The van der Waals surface area contributed by atoms with Gasteiger partial charge < -0.3 is 5.32 Å². The quantitative estimate of drug-likeness (QED) is 0.349. The number of rotatable bonds is 6. The van der Waals surface area contributed by atoms with Crippen LogP contribution in [-0.4, -0.2) is 16.6 Å². The van der Waals surface area contributed by atoms with E-state index in [9.17, 15) is 14.9 Å². The molecule has 0 bridgehead atoms. The summed E-state index contributed by atoms with van der Waals surface area (Å²) in [6.45, 7) is 0. The monoisotopic (exact) mass is 367 g/mol. The number of benzene rings is 1. The van der Waals surface area contributed by atoms with E-state index in [1.165, 1.54) is 23.9 Å². The van der Waals surface area contributed by atoms with Gasteiger partial charge in [-0.1, -0.05) is 22.9 Å². The molecule has 0 saturated carbocycles. The molecular formula is C14H10ClN3O3S2. The van der Waals surface area contributed by atoms with Crippen molar-refractivity contribution in [3.8, 4) is 6.07 Å². The fraction of sp³-hybridized carbons (Fsp3) is 0.143. The Morgan fingerprint density at radius 1 is 1.43 bits per heavy atom. The number of nitrogens with zero attached hydrogens (tertiary/aromatic N) is 2. The molecule has 9 heteroatoms. The normalized spacial score (nSPS) is 10.1. The summed E-state index contributed by atoms with van der Waals surface area (Å²) in [5, 5.41) is 22.3. The number of hydrogen-bond acceptors (Lipinski definition) is 6. The summed E-state index contributed by atoms with van der Waals surface area (Å²) in [5.74, 6) is 0.151. The highest BCUT2D eigenvalue weighted by Crippen LogP contribution is 2.32. The van der Waals surface area contributed by atoms with Gasteiger partial charge in [0.05, 0.1) is 21.6 Å². The van der Waals surface area contributed by atoms with Crippen LogP contribution >= 0.6 is 34.7 Å². The molecule has 0 spiro atoms. The van der Waals surface area contributed by atoms with Crippen molar-refractivity contribution >= 4 is 51.3 Å². The van der Waals surface area contributed by atoms with Crippen LogP contribution in [0, 0.1) is 21.4 Å². The fourth-order valence-electron chi connectivity index (χ4n) is 1.66. The molecule has 1 amide bonds. The smallest absolute Gasteiger partial charge is 0.320 e. The molecule has 0 aliphatic heterocycles. The summed E-state index contributed by atoms with van der Waals surface area (Å²) in [6, 6.07) is 9.82. The van der Waals surface area contributed by atoms with Crippen LogP contribution in [0.2, 0.25) is 5.02 Å². The fourth-order valence-corrected chi connectivity index (χ4v) is 3.39. The zero-order valence-corrected chi connectivity index (χ0v) is 14.0. The first-order chi connectivity index (χ1) is 11.0. The van der Waals surface area contributed by atoms with Gasteiger partial charge in [0.2, 0.25) is 0 Å². The maximum absolute atomic E-state index is 12.2. The van der Waals surface area contributed by atoms with Crippen molar-refractivity contribution in [2.75, 3.05) is 11.1 Å². The summed E-state index contributed by atoms with van der Waals surface area (Å²) >= 11 is 8.19. The second kappa shape index (κ2) is 7.97. The maximum atomic E-state index is 12.2. The van der Waals surface area contributed by atoms with E-state index in [0.717, 1.165) is 16.2 Å². The molecule has 0 saturated heterocycles. The van der Waals surface area contributed by atoms with Crippen LogP contribution in [0.15, 0.2) is 35.2 Å². The Hall–Kier alpha value is -2.08.